The van der Waals surface area contributed by atoms with Gasteiger partial charge < -0.3 is 21.2 Å². The molecule has 2 heterocycles. The standard InChI is InChI=1S/C27H25F3N6O2/c1-3-34-23-12-22(19-8-16(2)9-20(10-19)25-14-33-15-38-25)35-36(26(23)37)24-11-17(18(13-32)6-7-31)4-5-21(24)27(28,29)30/h4-15,34H,3,31-32H2,1-2H3/b7-6-,18-13+. The van der Waals surface area contributed by atoms with Crippen LogP contribution in [0.25, 0.3) is 33.8 Å². The van der Waals surface area contributed by atoms with Gasteiger partial charge in [0.15, 0.2) is 12.2 Å². The smallest absolute Gasteiger partial charge is 0.418 e. The van der Waals surface area contributed by atoms with Gasteiger partial charge in [-0.05, 0) is 79.2 Å². The first-order valence-corrected chi connectivity index (χ1v) is 11.6. The van der Waals surface area contributed by atoms with Gasteiger partial charge in [-0.3, -0.25) is 4.79 Å². The van der Waals surface area contributed by atoms with Crippen LogP contribution in [0.15, 0.2) is 82.7 Å². The molecule has 4 aromatic rings. The highest BCUT2D eigenvalue weighted by atomic mass is 19.4. The van der Waals surface area contributed by atoms with Crippen molar-refractivity contribution in [3.05, 3.63) is 101 Å². The summed E-state index contributed by atoms with van der Waals surface area (Å²) in [6.45, 7) is 4.00. The number of alkyl halides is 3. The predicted molar refractivity (Wildman–Crippen MR) is 140 cm³/mol. The molecule has 2 aromatic carbocycles. The van der Waals surface area contributed by atoms with Crippen molar-refractivity contribution in [3.63, 3.8) is 0 Å². The fraction of sp³-hybridized carbons (Fsp3) is 0.148. The van der Waals surface area contributed by atoms with E-state index in [1.54, 1.807) is 19.2 Å². The minimum Gasteiger partial charge on any atom is -0.444 e. The maximum Gasteiger partial charge on any atom is 0.418 e. The minimum absolute atomic E-state index is 0.0928. The first-order valence-electron chi connectivity index (χ1n) is 11.6. The summed E-state index contributed by atoms with van der Waals surface area (Å²) in [5.41, 5.74) is 12.1. The Labute approximate surface area is 216 Å². The van der Waals surface area contributed by atoms with Crippen LogP contribution in [0, 0.1) is 6.92 Å². The molecule has 0 unspecified atom stereocenters. The van der Waals surface area contributed by atoms with Crippen molar-refractivity contribution >= 4 is 11.3 Å². The lowest BCUT2D eigenvalue weighted by atomic mass is 10.0. The number of oxazole rings is 1. The number of aryl methyl sites for hydroxylation is 1. The van der Waals surface area contributed by atoms with E-state index < -0.39 is 23.0 Å². The van der Waals surface area contributed by atoms with E-state index in [4.69, 9.17) is 15.9 Å². The average molecular weight is 523 g/mol. The Bertz CT molecular complexity index is 1570. The topological polar surface area (TPSA) is 125 Å². The summed E-state index contributed by atoms with van der Waals surface area (Å²) >= 11 is 0. The van der Waals surface area contributed by atoms with E-state index in [9.17, 15) is 18.0 Å². The molecule has 0 amide bonds. The van der Waals surface area contributed by atoms with Crippen LogP contribution >= 0.6 is 0 Å². The maximum atomic E-state index is 14.1. The lowest BCUT2D eigenvalue weighted by Crippen LogP contribution is -2.27. The molecule has 0 spiro atoms. The van der Waals surface area contributed by atoms with Crippen LogP contribution in [-0.2, 0) is 6.18 Å². The van der Waals surface area contributed by atoms with Gasteiger partial charge in [-0.2, -0.15) is 23.0 Å². The van der Waals surface area contributed by atoms with E-state index in [1.807, 2.05) is 19.1 Å². The molecule has 11 heteroatoms. The van der Waals surface area contributed by atoms with Gasteiger partial charge in [-0.15, -0.1) is 0 Å². The van der Waals surface area contributed by atoms with Crippen LogP contribution in [0.1, 0.15) is 23.6 Å². The molecule has 0 atom stereocenters. The molecule has 196 valence electrons. The number of rotatable bonds is 7. The molecule has 0 aliphatic heterocycles. The Morgan fingerprint density at radius 1 is 1.13 bits per heavy atom. The van der Waals surface area contributed by atoms with Crippen LogP contribution in [-0.4, -0.2) is 21.3 Å². The Morgan fingerprint density at radius 3 is 2.53 bits per heavy atom. The molecule has 4 rings (SSSR count). The Hall–Kier alpha value is -4.80. The molecule has 0 saturated carbocycles. The van der Waals surface area contributed by atoms with E-state index >= 15 is 0 Å². The number of nitrogens with two attached hydrogens (primary N) is 2. The van der Waals surface area contributed by atoms with E-state index in [1.165, 1.54) is 43.1 Å². The highest BCUT2D eigenvalue weighted by Gasteiger charge is 2.35. The van der Waals surface area contributed by atoms with E-state index in [-0.39, 0.29) is 11.4 Å². The quantitative estimate of drug-likeness (QED) is 0.289. The third-order valence-corrected chi connectivity index (χ3v) is 5.69. The molecular formula is C27H25F3N6O2. The number of allylic oxidation sites excluding steroid dienone is 2. The van der Waals surface area contributed by atoms with Crippen molar-refractivity contribution in [2.75, 3.05) is 11.9 Å². The Balaban J connectivity index is 2.01. The summed E-state index contributed by atoms with van der Waals surface area (Å²) in [4.78, 5) is 17.3. The molecule has 38 heavy (non-hydrogen) atoms. The number of halogens is 3. The largest absolute Gasteiger partial charge is 0.444 e. The second-order valence-electron chi connectivity index (χ2n) is 8.35. The monoisotopic (exact) mass is 522 g/mol. The highest BCUT2D eigenvalue weighted by molar-refractivity contribution is 5.76. The second-order valence-corrected chi connectivity index (χ2v) is 8.35. The van der Waals surface area contributed by atoms with Crippen molar-refractivity contribution < 1.29 is 17.6 Å². The lowest BCUT2D eigenvalue weighted by molar-refractivity contribution is -0.137. The zero-order valence-electron chi connectivity index (χ0n) is 20.6. The van der Waals surface area contributed by atoms with Gasteiger partial charge >= 0.3 is 6.18 Å². The van der Waals surface area contributed by atoms with Crippen LogP contribution in [0.4, 0.5) is 18.9 Å². The van der Waals surface area contributed by atoms with Crippen molar-refractivity contribution in [3.8, 4) is 28.3 Å². The molecule has 2 aromatic heterocycles. The summed E-state index contributed by atoms with van der Waals surface area (Å²) in [5, 5.41) is 7.33. The predicted octanol–water partition coefficient (Wildman–Crippen LogP) is 5.09. The zero-order valence-corrected chi connectivity index (χ0v) is 20.6. The van der Waals surface area contributed by atoms with Crippen molar-refractivity contribution in [2.45, 2.75) is 20.0 Å². The zero-order chi connectivity index (χ0) is 27.4. The van der Waals surface area contributed by atoms with Gasteiger partial charge in [0.2, 0.25) is 0 Å². The van der Waals surface area contributed by atoms with Crippen molar-refractivity contribution in [1.29, 1.82) is 0 Å². The van der Waals surface area contributed by atoms with Gasteiger partial charge in [-0.1, -0.05) is 6.07 Å². The maximum absolute atomic E-state index is 14.1. The third kappa shape index (κ3) is 5.31. The van der Waals surface area contributed by atoms with Crippen LogP contribution in [0.5, 0.6) is 0 Å². The molecular weight excluding hydrogens is 497 g/mol. The van der Waals surface area contributed by atoms with Crippen molar-refractivity contribution in [2.24, 2.45) is 11.5 Å². The third-order valence-electron chi connectivity index (χ3n) is 5.69. The second kappa shape index (κ2) is 10.7. The molecule has 5 N–H and O–H groups in total. The van der Waals surface area contributed by atoms with E-state index in [0.29, 0.717) is 34.6 Å². The number of nitrogens with one attached hydrogen (secondary N) is 1. The summed E-state index contributed by atoms with van der Waals surface area (Å²) in [7, 11) is 0. The molecule has 0 radical (unpaired) electrons. The average Bonchev–Trinajstić information content (AvgIpc) is 3.42. The molecule has 8 nitrogen and oxygen atoms in total. The molecule has 0 bridgehead atoms. The number of hydrogen-bond acceptors (Lipinski definition) is 7. The van der Waals surface area contributed by atoms with E-state index in [2.05, 4.69) is 15.4 Å². The first-order chi connectivity index (χ1) is 18.2. The molecule has 0 fully saturated rings. The number of hydrogen-bond donors (Lipinski definition) is 3. The normalized spacial score (nSPS) is 12.3. The SMILES string of the molecule is CCNc1cc(-c2cc(C)cc(-c3cnco3)c2)nn(-c2cc(C(/C=C\N)=C/N)ccc2C(F)(F)F)c1=O. The number of benzene rings is 2. The van der Waals surface area contributed by atoms with Gasteiger partial charge in [0, 0.05) is 23.9 Å². The van der Waals surface area contributed by atoms with E-state index in [0.717, 1.165) is 16.3 Å². The van der Waals surface area contributed by atoms with Crippen LogP contribution in [0.2, 0.25) is 0 Å². The fourth-order valence-electron chi connectivity index (χ4n) is 4.03. The summed E-state index contributed by atoms with van der Waals surface area (Å²) in [6, 6.07) is 10.3. The summed E-state index contributed by atoms with van der Waals surface area (Å²) in [5.74, 6) is 0.510. The minimum atomic E-state index is -4.76. The fourth-order valence-corrected chi connectivity index (χ4v) is 4.03. The molecule has 0 aliphatic carbocycles. The highest BCUT2D eigenvalue weighted by Crippen LogP contribution is 2.36. The van der Waals surface area contributed by atoms with Crippen LogP contribution in [0.3, 0.4) is 0 Å². The molecule has 0 saturated heterocycles. The summed E-state index contributed by atoms with van der Waals surface area (Å²) < 4.78 is 48.5. The van der Waals surface area contributed by atoms with Crippen LogP contribution < -0.4 is 22.3 Å². The lowest BCUT2D eigenvalue weighted by Gasteiger charge is -2.18. The number of anilines is 1. The van der Waals surface area contributed by atoms with Gasteiger partial charge in [-0.25, -0.2) is 4.98 Å². The van der Waals surface area contributed by atoms with Gasteiger partial charge in [0.25, 0.3) is 5.56 Å². The Kier molecular flexibility index (Phi) is 7.38. The molecule has 0 aliphatic rings. The number of nitrogens with zero attached hydrogens (tertiary/aromatic N) is 3. The van der Waals surface area contributed by atoms with Crippen molar-refractivity contribution in [1.82, 2.24) is 14.8 Å². The van der Waals surface area contributed by atoms with Gasteiger partial charge in [0.1, 0.15) is 5.69 Å². The Morgan fingerprint density at radius 2 is 1.89 bits per heavy atom. The number of aromatic nitrogens is 3. The van der Waals surface area contributed by atoms with Gasteiger partial charge in [0.05, 0.1) is 23.1 Å². The summed E-state index contributed by atoms with van der Waals surface area (Å²) in [6.07, 6.45) is 1.96. The first kappa shape index (κ1) is 26.3.